The molecule has 14 heavy (non-hydrogen) atoms. The number of fused-ring (bicyclic) bond motifs is 1. The normalized spacial score (nSPS) is 41.7. The van der Waals surface area contributed by atoms with Crippen LogP contribution in [-0.4, -0.2) is 40.8 Å². The molecule has 78 valence electrons. The van der Waals surface area contributed by atoms with E-state index in [1.54, 1.807) is 6.92 Å². The summed E-state index contributed by atoms with van der Waals surface area (Å²) in [5, 5.41) is 18.4. The Morgan fingerprint density at radius 1 is 1.57 bits per heavy atom. The van der Waals surface area contributed by atoms with E-state index in [9.17, 15) is 9.90 Å². The third kappa shape index (κ3) is 1.54. The minimum Gasteiger partial charge on any atom is -0.478 e. The summed E-state index contributed by atoms with van der Waals surface area (Å²) < 4.78 is 10.6. The van der Waals surface area contributed by atoms with Crippen LogP contribution in [0.15, 0.2) is 11.6 Å². The number of carboxylic acid groups (broad SMARTS) is 1. The van der Waals surface area contributed by atoms with Crippen LogP contribution in [0.1, 0.15) is 13.3 Å². The molecule has 2 aliphatic rings. The number of carbonyl (C=O) groups is 1. The third-order valence-corrected chi connectivity index (χ3v) is 2.47. The van der Waals surface area contributed by atoms with E-state index < -0.39 is 24.3 Å². The topological polar surface area (TPSA) is 76.0 Å². The third-order valence-electron chi connectivity index (χ3n) is 2.47. The Bertz CT molecular complexity index is 285. The van der Waals surface area contributed by atoms with Gasteiger partial charge in [-0.15, -0.1) is 0 Å². The molecule has 2 N–H and O–H groups in total. The standard InChI is InChI=1S/C9H12O5/c1-4-13-7-3-5(9(11)12)2-6(10)8(7)14-4/h3-4,6-8,10H,2H2,1H3,(H,11,12)/t4-,6+,7+,8+/m1/s1. The summed E-state index contributed by atoms with van der Waals surface area (Å²) in [5.41, 5.74) is 0.191. The Balaban J connectivity index is 2.21. The zero-order chi connectivity index (χ0) is 10.3. The molecule has 0 unspecified atom stereocenters. The largest absolute Gasteiger partial charge is 0.478 e. The molecule has 0 aromatic heterocycles. The molecule has 0 amide bonds. The van der Waals surface area contributed by atoms with Crippen LogP contribution in [0.3, 0.4) is 0 Å². The number of ether oxygens (including phenoxy) is 2. The van der Waals surface area contributed by atoms with Crippen LogP contribution in [0.5, 0.6) is 0 Å². The number of aliphatic hydroxyl groups is 1. The van der Waals surface area contributed by atoms with Gasteiger partial charge in [0.25, 0.3) is 0 Å². The van der Waals surface area contributed by atoms with Crippen molar-refractivity contribution in [3.63, 3.8) is 0 Å². The molecule has 2 rings (SSSR count). The maximum Gasteiger partial charge on any atom is 0.331 e. The minimum atomic E-state index is -1.01. The van der Waals surface area contributed by atoms with E-state index in [0.717, 1.165) is 0 Å². The van der Waals surface area contributed by atoms with Gasteiger partial charge in [0, 0.05) is 12.0 Å². The number of hydrogen-bond acceptors (Lipinski definition) is 4. The lowest BCUT2D eigenvalue weighted by molar-refractivity contribution is -0.133. The van der Waals surface area contributed by atoms with Crippen molar-refractivity contribution in [3.8, 4) is 0 Å². The summed E-state index contributed by atoms with van der Waals surface area (Å²) in [6, 6.07) is 0. The average molecular weight is 200 g/mol. The fourth-order valence-corrected chi connectivity index (χ4v) is 1.84. The summed E-state index contributed by atoms with van der Waals surface area (Å²) in [6.07, 6.45) is -0.395. The molecule has 5 heteroatoms. The van der Waals surface area contributed by atoms with Gasteiger partial charge in [-0.2, -0.15) is 0 Å². The lowest BCUT2D eigenvalue weighted by atomic mass is 9.92. The van der Waals surface area contributed by atoms with Gasteiger partial charge in [0.05, 0.1) is 6.10 Å². The monoisotopic (exact) mass is 200 g/mol. The van der Waals surface area contributed by atoms with Gasteiger partial charge in [0.2, 0.25) is 0 Å². The number of aliphatic hydroxyl groups excluding tert-OH is 1. The molecule has 0 spiro atoms. The summed E-state index contributed by atoms with van der Waals surface area (Å²) in [4.78, 5) is 10.7. The van der Waals surface area contributed by atoms with Crippen molar-refractivity contribution in [1.29, 1.82) is 0 Å². The Labute approximate surface area is 80.9 Å². The number of hydrogen-bond donors (Lipinski definition) is 2. The van der Waals surface area contributed by atoms with Gasteiger partial charge in [-0.1, -0.05) is 0 Å². The highest BCUT2D eigenvalue weighted by Crippen LogP contribution is 2.30. The molecule has 1 aliphatic heterocycles. The second-order valence-corrected chi connectivity index (χ2v) is 3.54. The van der Waals surface area contributed by atoms with Crippen molar-refractivity contribution in [2.75, 3.05) is 0 Å². The zero-order valence-electron chi connectivity index (χ0n) is 7.71. The van der Waals surface area contributed by atoms with Crippen molar-refractivity contribution in [1.82, 2.24) is 0 Å². The van der Waals surface area contributed by atoms with Gasteiger partial charge < -0.3 is 19.7 Å². The van der Waals surface area contributed by atoms with Crippen LogP contribution in [0.4, 0.5) is 0 Å². The van der Waals surface area contributed by atoms with Gasteiger partial charge in [0.1, 0.15) is 12.2 Å². The first kappa shape index (κ1) is 9.64. The SMILES string of the molecule is C[C@H]1O[C@@H]2[C@H](C=C(C(=O)O)C[C@@H]2O)O1. The lowest BCUT2D eigenvalue weighted by Gasteiger charge is -2.25. The molecule has 1 aliphatic carbocycles. The van der Waals surface area contributed by atoms with E-state index in [-0.39, 0.29) is 18.3 Å². The number of aliphatic carboxylic acids is 1. The van der Waals surface area contributed by atoms with Gasteiger partial charge in [-0.3, -0.25) is 0 Å². The summed E-state index contributed by atoms with van der Waals surface area (Å²) >= 11 is 0. The molecular weight excluding hydrogens is 188 g/mol. The highest BCUT2D eigenvalue weighted by Gasteiger charge is 2.41. The van der Waals surface area contributed by atoms with Gasteiger partial charge in [-0.05, 0) is 13.0 Å². The second-order valence-electron chi connectivity index (χ2n) is 3.54. The Kier molecular flexibility index (Phi) is 2.30. The molecule has 1 fully saturated rings. The molecule has 1 heterocycles. The molecule has 0 aromatic carbocycles. The first-order valence-corrected chi connectivity index (χ1v) is 4.51. The fourth-order valence-electron chi connectivity index (χ4n) is 1.84. The van der Waals surface area contributed by atoms with E-state index in [0.29, 0.717) is 0 Å². The van der Waals surface area contributed by atoms with Crippen molar-refractivity contribution in [2.24, 2.45) is 0 Å². The van der Waals surface area contributed by atoms with Crippen LogP contribution in [0.25, 0.3) is 0 Å². The van der Waals surface area contributed by atoms with Crippen molar-refractivity contribution < 1.29 is 24.5 Å². The summed E-state index contributed by atoms with van der Waals surface area (Å²) in [7, 11) is 0. The van der Waals surface area contributed by atoms with Crippen molar-refractivity contribution in [2.45, 2.75) is 37.9 Å². The van der Waals surface area contributed by atoms with Crippen molar-refractivity contribution >= 4 is 5.97 Å². The molecular formula is C9H12O5. The van der Waals surface area contributed by atoms with E-state index in [2.05, 4.69) is 0 Å². The first-order valence-electron chi connectivity index (χ1n) is 4.51. The smallest absolute Gasteiger partial charge is 0.331 e. The number of rotatable bonds is 1. The predicted molar refractivity (Wildman–Crippen MR) is 45.6 cm³/mol. The molecule has 5 nitrogen and oxygen atoms in total. The maximum absolute atomic E-state index is 10.7. The summed E-state index contributed by atoms with van der Waals surface area (Å²) in [6.45, 7) is 1.72. The van der Waals surface area contributed by atoms with Gasteiger partial charge in [0.15, 0.2) is 6.29 Å². The zero-order valence-corrected chi connectivity index (χ0v) is 7.71. The Morgan fingerprint density at radius 2 is 2.29 bits per heavy atom. The Morgan fingerprint density at radius 3 is 2.93 bits per heavy atom. The van der Waals surface area contributed by atoms with Crippen LogP contribution in [0, 0.1) is 0 Å². The minimum absolute atomic E-state index is 0.118. The van der Waals surface area contributed by atoms with Gasteiger partial charge >= 0.3 is 5.97 Å². The quantitative estimate of drug-likeness (QED) is 0.617. The molecule has 1 saturated heterocycles. The molecule has 4 atom stereocenters. The van der Waals surface area contributed by atoms with E-state index >= 15 is 0 Å². The molecule has 0 radical (unpaired) electrons. The predicted octanol–water partition coefficient (Wildman–Crippen LogP) is -0.108. The van der Waals surface area contributed by atoms with Crippen molar-refractivity contribution in [3.05, 3.63) is 11.6 Å². The number of carboxylic acids is 1. The maximum atomic E-state index is 10.7. The highest BCUT2D eigenvalue weighted by atomic mass is 16.7. The van der Waals surface area contributed by atoms with Crippen LogP contribution in [-0.2, 0) is 14.3 Å². The lowest BCUT2D eigenvalue weighted by Crippen LogP contribution is -2.38. The van der Waals surface area contributed by atoms with Crippen LogP contribution >= 0.6 is 0 Å². The average Bonchev–Trinajstić information content (AvgIpc) is 2.45. The molecule has 0 saturated carbocycles. The molecule has 0 aromatic rings. The van der Waals surface area contributed by atoms with E-state index in [1.165, 1.54) is 6.08 Å². The molecule has 0 bridgehead atoms. The fraction of sp³-hybridized carbons (Fsp3) is 0.667. The summed E-state index contributed by atoms with van der Waals surface area (Å²) in [5.74, 6) is -1.01. The second kappa shape index (κ2) is 3.34. The van der Waals surface area contributed by atoms with E-state index in [1.807, 2.05) is 0 Å². The first-order chi connectivity index (χ1) is 6.58. The van der Waals surface area contributed by atoms with Crippen LogP contribution < -0.4 is 0 Å². The Hall–Kier alpha value is -0.910. The highest BCUT2D eigenvalue weighted by molar-refractivity contribution is 5.87. The van der Waals surface area contributed by atoms with Gasteiger partial charge in [-0.25, -0.2) is 4.79 Å². The van der Waals surface area contributed by atoms with E-state index in [4.69, 9.17) is 14.6 Å². The van der Waals surface area contributed by atoms with Crippen LogP contribution in [0.2, 0.25) is 0 Å².